The van der Waals surface area contributed by atoms with Crippen LogP contribution in [0.3, 0.4) is 0 Å². The van der Waals surface area contributed by atoms with E-state index in [-0.39, 0.29) is 18.6 Å². The van der Waals surface area contributed by atoms with E-state index < -0.39 is 6.10 Å². The number of fused-ring (bicyclic) bond motifs is 1. The van der Waals surface area contributed by atoms with Crippen LogP contribution >= 0.6 is 0 Å². The van der Waals surface area contributed by atoms with Crippen LogP contribution in [-0.4, -0.2) is 30.3 Å². The average molecular weight is 235 g/mol. The number of carbonyl (C=O) groups excluding carboxylic acids is 1. The van der Waals surface area contributed by atoms with Crippen molar-refractivity contribution in [2.45, 2.75) is 25.5 Å². The Morgan fingerprint density at radius 2 is 2.29 bits per heavy atom. The highest BCUT2D eigenvalue weighted by atomic mass is 16.5. The summed E-state index contributed by atoms with van der Waals surface area (Å²) >= 11 is 0. The van der Waals surface area contributed by atoms with E-state index in [1.807, 2.05) is 31.2 Å². The average Bonchev–Trinajstić information content (AvgIpc) is 2.64. The molecule has 0 unspecified atom stereocenters. The van der Waals surface area contributed by atoms with Crippen molar-refractivity contribution in [3.05, 3.63) is 35.4 Å². The molecule has 1 aliphatic carbocycles. The molecule has 0 heterocycles. The molecule has 0 radical (unpaired) electrons. The van der Waals surface area contributed by atoms with Crippen LogP contribution in [0.5, 0.6) is 0 Å². The fourth-order valence-corrected chi connectivity index (χ4v) is 2.16. The lowest BCUT2D eigenvalue weighted by Gasteiger charge is -2.17. The zero-order valence-electron chi connectivity index (χ0n) is 9.85. The van der Waals surface area contributed by atoms with Crippen molar-refractivity contribution in [3.8, 4) is 0 Å². The zero-order chi connectivity index (χ0) is 12.3. The fourth-order valence-electron chi connectivity index (χ4n) is 2.16. The fraction of sp³-hybridized carbons (Fsp3) is 0.462. The number of benzene rings is 1. The van der Waals surface area contributed by atoms with Gasteiger partial charge in [0.25, 0.3) is 0 Å². The van der Waals surface area contributed by atoms with Crippen LogP contribution < -0.4 is 5.32 Å². The van der Waals surface area contributed by atoms with E-state index in [1.165, 1.54) is 0 Å². The number of amides is 1. The third kappa shape index (κ3) is 2.65. The molecule has 2 N–H and O–H groups in total. The predicted molar refractivity (Wildman–Crippen MR) is 63.5 cm³/mol. The predicted octanol–water partition coefficient (Wildman–Crippen LogP) is 0.797. The van der Waals surface area contributed by atoms with E-state index in [1.54, 1.807) is 0 Å². The molecule has 1 aliphatic rings. The van der Waals surface area contributed by atoms with Gasteiger partial charge >= 0.3 is 0 Å². The molecule has 2 rings (SSSR count). The minimum Gasteiger partial charge on any atom is -0.390 e. The highest BCUT2D eigenvalue weighted by Crippen LogP contribution is 2.30. The summed E-state index contributed by atoms with van der Waals surface area (Å²) in [6, 6.07) is 7.47. The number of hydrogen-bond donors (Lipinski definition) is 2. The maximum absolute atomic E-state index is 11.6. The Bertz CT molecular complexity index is 405. The topological polar surface area (TPSA) is 58.6 Å². The van der Waals surface area contributed by atoms with Gasteiger partial charge in [0.2, 0.25) is 5.91 Å². The Kier molecular flexibility index (Phi) is 3.76. The van der Waals surface area contributed by atoms with Crippen molar-refractivity contribution in [1.82, 2.24) is 5.32 Å². The molecule has 0 saturated heterocycles. The lowest BCUT2D eigenvalue weighted by Crippen LogP contribution is -2.36. The van der Waals surface area contributed by atoms with Crippen molar-refractivity contribution >= 4 is 5.91 Å². The summed E-state index contributed by atoms with van der Waals surface area (Å²) in [5, 5.41) is 12.7. The van der Waals surface area contributed by atoms with Crippen LogP contribution in [0.2, 0.25) is 0 Å². The number of aliphatic hydroxyl groups is 1. The maximum atomic E-state index is 11.6. The molecule has 0 bridgehead atoms. The Hall–Kier alpha value is -1.39. The number of nitrogens with one attached hydrogen (secondary N) is 1. The van der Waals surface area contributed by atoms with E-state index in [4.69, 9.17) is 4.74 Å². The Labute approximate surface area is 101 Å². The first kappa shape index (κ1) is 12.1. The summed E-state index contributed by atoms with van der Waals surface area (Å²) in [7, 11) is 0. The van der Waals surface area contributed by atoms with Crippen LogP contribution in [0.1, 0.15) is 24.1 Å². The number of rotatable bonds is 4. The molecule has 0 aromatic heterocycles. The van der Waals surface area contributed by atoms with Gasteiger partial charge < -0.3 is 15.2 Å². The van der Waals surface area contributed by atoms with E-state index in [2.05, 4.69) is 5.32 Å². The highest BCUT2D eigenvalue weighted by molar-refractivity contribution is 5.78. The second-order valence-corrected chi connectivity index (χ2v) is 4.15. The molecule has 1 aromatic rings. The summed E-state index contributed by atoms with van der Waals surface area (Å²) in [5.74, 6) is -0.187. The molecule has 4 nitrogen and oxygen atoms in total. The van der Waals surface area contributed by atoms with Crippen molar-refractivity contribution in [1.29, 1.82) is 0 Å². The van der Waals surface area contributed by atoms with Gasteiger partial charge in [-0.1, -0.05) is 24.3 Å². The van der Waals surface area contributed by atoms with Gasteiger partial charge in [0.1, 0.15) is 6.61 Å². The molecule has 0 spiro atoms. The molecule has 0 saturated carbocycles. The number of ether oxygens (including phenoxy) is 1. The van der Waals surface area contributed by atoms with Crippen LogP contribution in [-0.2, 0) is 16.0 Å². The van der Waals surface area contributed by atoms with Crippen molar-refractivity contribution in [2.75, 3.05) is 13.2 Å². The van der Waals surface area contributed by atoms with E-state index in [0.29, 0.717) is 13.0 Å². The Morgan fingerprint density at radius 1 is 1.53 bits per heavy atom. The normalized spacial score (nSPS) is 22.2. The third-order valence-corrected chi connectivity index (χ3v) is 2.96. The van der Waals surface area contributed by atoms with Crippen molar-refractivity contribution in [3.63, 3.8) is 0 Å². The van der Waals surface area contributed by atoms with Gasteiger partial charge in [0.05, 0.1) is 12.1 Å². The Morgan fingerprint density at radius 3 is 3.06 bits per heavy atom. The molecule has 17 heavy (non-hydrogen) atoms. The van der Waals surface area contributed by atoms with Gasteiger partial charge in [0.15, 0.2) is 0 Å². The van der Waals surface area contributed by atoms with Gasteiger partial charge in [-0.25, -0.2) is 0 Å². The van der Waals surface area contributed by atoms with Gasteiger partial charge in [-0.2, -0.15) is 0 Å². The first-order chi connectivity index (χ1) is 8.22. The number of aliphatic hydroxyl groups excluding tert-OH is 1. The molecule has 1 amide bonds. The van der Waals surface area contributed by atoms with Crippen molar-refractivity contribution < 1.29 is 14.6 Å². The largest absolute Gasteiger partial charge is 0.390 e. The third-order valence-electron chi connectivity index (χ3n) is 2.96. The lowest BCUT2D eigenvalue weighted by molar-refractivity contribution is -0.127. The minimum atomic E-state index is -0.544. The molecular weight excluding hydrogens is 218 g/mol. The summed E-state index contributed by atoms with van der Waals surface area (Å²) < 4.78 is 5.04. The first-order valence-corrected chi connectivity index (χ1v) is 5.85. The van der Waals surface area contributed by atoms with E-state index in [0.717, 1.165) is 11.1 Å². The minimum absolute atomic E-state index is 0.0435. The molecular formula is C13H17NO3. The summed E-state index contributed by atoms with van der Waals surface area (Å²) in [4.78, 5) is 11.6. The second-order valence-electron chi connectivity index (χ2n) is 4.15. The highest BCUT2D eigenvalue weighted by Gasteiger charge is 2.31. The monoisotopic (exact) mass is 235 g/mol. The zero-order valence-corrected chi connectivity index (χ0v) is 9.85. The molecule has 92 valence electrons. The quantitative estimate of drug-likeness (QED) is 0.811. The molecule has 0 aliphatic heterocycles. The maximum Gasteiger partial charge on any atom is 0.246 e. The second kappa shape index (κ2) is 5.29. The van der Waals surface area contributed by atoms with Gasteiger partial charge in [-0.3, -0.25) is 4.79 Å². The smallest absolute Gasteiger partial charge is 0.246 e. The molecule has 2 atom stereocenters. The Balaban J connectivity index is 2.04. The van der Waals surface area contributed by atoms with Crippen LogP contribution in [0.4, 0.5) is 0 Å². The summed E-state index contributed by atoms with van der Waals surface area (Å²) in [6.07, 6.45) is 0.0495. The standard InChI is InChI=1S/C13H17NO3/c1-2-17-8-12(16)14-13-10-6-4-3-5-9(10)7-11(13)15/h3-6,11,13,15H,2,7-8H2,1H3,(H,14,16)/t11-,13+/m1/s1. The number of carbonyl (C=O) groups is 1. The van der Waals surface area contributed by atoms with Gasteiger partial charge in [-0.05, 0) is 18.1 Å². The van der Waals surface area contributed by atoms with E-state index >= 15 is 0 Å². The van der Waals surface area contributed by atoms with Gasteiger partial charge in [0, 0.05) is 13.0 Å². The van der Waals surface area contributed by atoms with Gasteiger partial charge in [-0.15, -0.1) is 0 Å². The van der Waals surface area contributed by atoms with Crippen LogP contribution in [0, 0.1) is 0 Å². The summed E-state index contributed by atoms with van der Waals surface area (Å²) in [5.41, 5.74) is 2.10. The molecule has 1 aromatic carbocycles. The van der Waals surface area contributed by atoms with Crippen LogP contribution in [0.15, 0.2) is 24.3 Å². The molecule has 4 heteroatoms. The SMILES string of the molecule is CCOCC(=O)N[C@H]1c2ccccc2C[C@H]1O. The lowest BCUT2D eigenvalue weighted by atomic mass is 10.1. The number of hydrogen-bond acceptors (Lipinski definition) is 3. The van der Waals surface area contributed by atoms with Crippen molar-refractivity contribution in [2.24, 2.45) is 0 Å². The van der Waals surface area contributed by atoms with E-state index in [9.17, 15) is 9.90 Å². The first-order valence-electron chi connectivity index (χ1n) is 5.85. The summed E-state index contributed by atoms with van der Waals surface area (Å²) in [6.45, 7) is 2.39. The molecule has 0 fully saturated rings. The van der Waals surface area contributed by atoms with Crippen LogP contribution in [0.25, 0.3) is 0 Å².